The normalized spacial score (nSPS) is 14.0. The summed E-state index contributed by atoms with van der Waals surface area (Å²) in [6.07, 6.45) is 1.44. The van der Waals surface area contributed by atoms with E-state index >= 15 is 0 Å². The molecule has 206 valence electrons. The van der Waals surface area contributed by atoms with Crippen molar-refractivity contribution in [1.82, 2.24) is 4.90 Å². The molecule has 3 aromatic carbocycles. The average molecular weight is 570 g/mol. The number of carbonyl (C=O) groups is 4. The largest absolute Gasteiger partial charge is 0.484 e. The summed E-state index contributed by atoms with van der Waals surface area (Å²) in [6, 6.07) is 13.4. The van der Waals surface area contributed by atoms with Gasteiger partial charge in [-0.25, -0.2) is 13.2 Å². The summed E-state index contributed by atoms with van der Waals surface area (Å²) in [5.41, 5.74) is 2.74. The van der Waals surface area contributed by atoms with Crippen LogP contribution < -0.4 is 15.4 Å². The molecule has 1 aliphatic rings. The molecular weight excluding hydrogens is 547 g/mol. The number of rotatable bonds is 8. The molecule has 1 aliphatic heterocycles. The summed E-state index contributed by atoms with van der Waals surface area (Å²) < 4.78 is 45.8. The molecule has 0 bridgehead atoms. The van der Waals surface area contributed by atoms with E-state index in [1.165, 1.54) is 6.08 Å². The predicted octanol–water partition coefficient (Wildman–Crippen LogP) is 5.41. The Bertz CT molecular complexity index is 1540. The number of nitrogens with one attached hydrogen (secondary N) is 2. The van der Waals surface area contributed by atoms with E-state index < -0.39 is 46.7 Å². The van der Waals surface area contributed by atoms with Crippen LogP contribution in [-0.4, -0.2) is 41.0 Å². The minimum absolute atomic E-state index is 0.0400. The summed E-state index contributed by atoms with van der Waals surface area (Å²) in [5.74, 6) is -6.44. The van der Waals surface area contributed by atoms with Gasteiger partial charge in [-0.1, -0.05) is 18.2 Å². The molecule has 0 aromatic heterocycles. The molecule has 40 heavy (non-hydrogen) atoms. The van der Waals surface area contributed by atoms with E-state index in [9.17, 15) is 32.3 Å². The fraction of sp³-hybridized carbons (Fsp3) is 0.143. The fourth-order valence-electron chi connectivity index (χ4n) is 3.57. The van der Waals surface area contributed by atoms with Crippen molar-refractivity contribution in [2.75, 3.05) is 23.8 Å². The molecule has 4 amide bonds. The number of thioether (sulfide) groups is 1. The first-order valence-corrected chi connectivity index (χ1v) is 12.6. The molecular formula is C28H22F3N3O5S. The van der Waals surface area contributed by atoms with Gasteiger partial charge in [0.1, 0.15) is 12.3 Å². The Labute approximate surface area is 231 Å². The van der Waals surface area contributed by atoms with Crippen molar-refractivity contribution < 1.29 is 37.1 Å². The zero-order valence-corrected chi connectivity index (χ0v) is 22.0. The number of hydrogen-bond acceptors (Lipinski definition) is 6. The number of hydrogen-bond donors (Lipinski definition) is 2. The van der Waals surface area contributed by atoms with Crippen molar-refractivity contribution in [2.24, 2.45) is 0 Å². The SMILES string of the molecule is Cc1ccc(NC(=O)COc2ccc(/C=C3\SC(=O)N(CC(=O)Nc4ccc(F)c(F)c4F)C3=O)cc2)cc1C. The number of anilines is 2. The number of imide groups is 1. The first-order valence-electron chi connectivity index (χ1n) is 11.8. The monoisotopic (exact) mass is 569 g/mol. The third kappa shape index (κ3) is 6.70. The smallest absolute Gasteiger partial charge is 0.294 e. The molecule has 1 heterocycles. The Morgan fingerprint density at radius 3 is 2.33 bits per heavy atom. The van der Waals surface area contributed by atoms with Gasteiger partial charge in [0.05, 0.1) is 10.6 Å². The van der Waals surface area contributed by atoms with Crippen molar-refractivity contribution in [3.8, 4) is 5.75 Å². The Balaban J connectivity index is 1.32. The lowest BCUT2D eigenvalue weighted by Gasteiger charge is -2.13. The number of amides is 4. The van der Waals surface area contributed by atoms with Crippen LogP contribution in [0.5, 0.6) is 5.75 Å². The molecule has 1 fully saturated rings. The van der Waals surface area contributed by atoms with Gasteiger partial charge in [0, 0.05) is 5.69 Å². The van der Waals surface area contributed by atoms with Gasteiger partial charge < -0.3 is 15.4 Å². The molecule has 0 saturated carbocycles. The van der Waals surface area contributed by atoms with Gasteiger partial charge in [-0.15, -0.1) is 0 Å². The average Bonchev–Trinajstić information content (AvgIpc) is 3.18. The van der Waals surface area contributed by atoms with E-state index in [0.717, 1.165) is 17.2 Å². The summed E-state index contributed by atoms with van der Waals surface area (Å²) in [5, 5.41) is 4.05. The first kappa shape index (κ1) is 28.4. The quantitative estimate of drug-likeness (QED) is 0.278. The third-order valence-corrected chi connectivity index (χ3v) is 6.73. The van der Waals surface area contributed by atoms with Crippen molar-refractivity contribution in [2.45, 2.75) is 13.8 Å². The molecule has 0 spiro atoms. The van der Waals surface area contributed by atoms with E-state index in [2.05, 4.69) is 5.32 Å². The van der Waals surface area contributed by atoms with Crippen LogP contribution in [0.1, 0.15) is 16.7 Å². The van der Waals surface area contributed by atoms with Crippen LogP contribution in [0.4, 0.5) is 29.3 Å². The highest BCUT2D eigenvalue weighted by atomic mass is 32.2. The number of carbonyl (C=O) groups excluding carboxylic acids is 4. The maximum atomic E-state index is 13.8. The molecule has 0 radical (unpaired) electrons. The first-order chi connectivity index (χ1) is 19.0. The molecule has 12 heteroatoms. The molecule has 4 rings (SSSR count). The molecule has 0 aliphatic carbocycles. The highest BCUT2D eigenvalue weighted by Crippen LogP contribution is 2.32. The molecule has 0 unspecified atom stereocenters. The Kier molecular flexibility index (Phi) is 8.58. The van der Waals surface area contributed by atoms with Crippen molar-refractivity contribution in [3.05, 3.63) is 93.6 Å². The minimum atomic E-state index is -1.76. The molecule has 8 nitrogen and oxygen atoms in total. The van der Waals surface area contributed by atoms with Crippen molar-refractivity contribution >= 4 is 52.2 Å². The fourth-order valence-corrected chi connectivity index (χ4v) is 4.41. The number of halogens is 3. The maximum absolute atomic E-state index is 13.8. The van der Waals surface area contributed by atoms with Gasteiger partial charge in [0.15, 0.2) is 24.1 Å². The highest BCUT2D eigenvalue weighted by molar-refractivity contribution is 8.18. The third-order valence-electron chi connectivity index (χ3n) is 5.82. The Morgan fingerprint density at radius 1 is 0.900 bits per heavy atom. The van der Waals surface area contributed by atoms with E-state index in [0.29, 0.717) is 39.7 Å². The van der Waals surface area contributed by atoms with Crippen molar-refractivity contribution in [1.29, 1.82) is 0 Å². The van der Waals surface area contributed by atoms with E-state index in [1.54, 1.807) is 30.3 Å². The van der Waals surface area contributed by atoms with Crippen molar-refractivity contribution in [3.63, 3.8) is 0 Å². The number of benzene rings is 3. The van der Waals surface area contributed by atoms with Crippen LogP contribution in [0.25, 0.3) is 6.08 Å². The Morgan fingerprint density at radius 2 is 1.62 bits per heavy atom. The van der Waals surface area contributed by atoms with E-state index in [-0.39, 0.29) is 17.4 Å². The second kappa shape index (κ2) is 12.1. The zero-order chi connectivity index (χ0) is 29.0. The second-order valence-electron chi connectivity index (χ2n) is 8.74. The number of nitrogens with zero attached hydrogens (tertiary/aromatic N) is 1. The molecule has 2 N–H and O–H groups in total. The second-order valence-corrected chi connectivity index (χ2v) is 9.74. The number of ether oxygens (including phenoxy) is 1. The highest BCUT2D eigenvalue weighted by Gasteiger charge is 2.36. The predicted molar refractivity (Wildman–Crippen MR) is 144 cm³/mol. The van der Waals surface area contributed by atoms with Gasteiger partial charge in [0.2, 0.25) is 5.91 Å². The lowest BCUT2D eigenvalue weighted by atomic mass is 10.1. The molecule has 0 atom stereocenters. The van der Waals surface area contributed by atoms with Crippen LogP contribution in [0, 0.1) is 31.3 Å². The van der Waals surface area contributed by atoms with E-state index in [4.69, 9.17) is 4.74 Å². The minimum Gasteiger partial charge on any atom is -0.484 e. The summed E-state index contributed by atoms with van der Waals surface area (Å²) in [4.78, 5) is 50.1. The topological polar surface area (TPSA) is 105 Å². The standard InChI is InChI=1S/C28H22F3N3O5S/c1-15-3-6-18(11-16(15)2)32-24(36)14-39-19-7-4-17(5-8-19)12-22-27(37)34(28(38)40-22)13-23(35)33-21-10-9-20(29)25(30)26(21)31/h3-12H,13-14H2,1-2H3,(H,32,36)(H,33,35)/b22-12-. The van der Waals surface area contributed by atoms with Crippen LogP contribution in [0.15, 0.2) is 59.5 Å². The maximum Gasteiger partial charge on any atom is 0.294 e. The van der Waals surface area contributed by atoms with E-state index in [1.807, 2.05) is 31.3 Å². The summed E-state index contributed by atoms with van der Waals surface area (Å²) in [6.45, 7) is 2.95. The summed E-state index contributed by atoms with van der Waals surface area (Å²) >= 11 is 0.604. The van der Waals surface area contributed by atoms with Gasteiger partial charge in [-0.05, 0) is 84.8 Å². The van der Waals surface area contributed by atoms with Gasteiger partial charge in [-0.3, -0.25) is 24.1 Å². The lowest BCUT2D eigenvalue weighted by Crippen LogP contribution is -2.36. The Hall–Kier alpha value is -4.58. The van der Waals surface area contributed by atoms with Gasteiger partial charge in [-0.2, -0.15) is 0 Å². The molecule has 3 aromatic rings. The zero-order valence-electron chi connectivity index (χ0n) is 21.2. The van der Waals surface area contributed by atoms with Crippen LogP contribution in [0.3, 0.4) is 0 Å². The number of aryl methyl sites for hydroxylation is 2. The van der Waals surface area contributed by atoms with Crippen LogP contribution in [0.2, 0.25) is 0 Å². The van der Waals surface area contributed by atoms with Crippen LogP contribution in [-0.2, 0) is 14.4 Å². The van der Waals surface area contributed by atoms with Crippen LogP contribution >= 0.6 is 11.8 Å². The lowest BCUT2D eigenvalue weighted by molar-refractivity contribution is -0.127. The molecule has 1 saturated heterocycles. The van der Waals surface area contributed by atoms with Gasteiger partial charge >= 0.3 is 0 Å². The summed E-state index contributed by atoms with van der Waals surface area (Å²) in [7, 11) is 0. The van der Waals surface area contributed by atoms with Gasteiger partial charge in [0.25, 0.3) is 17.1 Å².